The van der Waals surface area contributed by atoms with Gasteiger partial charge in [0.05, 0.1) is 4.90 Å². The highest BCUT2D eigenvalue weighted by molar-refractivity contribution is 7.99. The third-order valence-electron chi connectivity index (χ3n) is 5.17. The van der Waals surface area contributed by atoms with Crippen molar-refractivity contribution >= 4 is 38.6 Å². The summed E-state index contributed by atoms with van der Waals surface area (Å²) in [5.74, 6) is 2.01. The van der Waals surface area contributed by atoms with Crippen molar-refractivity contribution in [3.05, 3.63) is 65.9 Å². The number of amides is 1. The van der Waals surface area contributed by atoms with Crippen molar-refractivity contribution in [2.75, 3.05) is 32.1 Å². The van der Waals surface area contributed by atoms with Gasteiger partial charge in [0, 0.05) is 38.1 Å². The molecule has 172 valence electrons. The molecule has 6 nitrogen and oxygen atoms in total. The number of carbonyl (C=O) groups is 1. The van der Waals surface area contributed by atoms with Crippen LogP contribution in [0.2, 0.25) is 0 Å². The second kappa shape index (κ2) is 11.0. The monoisotopic (exact) mass is 473 g/mol. The van der Waals surface area contributed by atoms with Gasteiger partial charge in [-0.3, -0.25) is 4.79 Å². The molecular formula is C24H31N3O3S2. The third kappa shape index (κ3) is 5.74. The van der Waals surface area contributed by atoms with E-state index in [9.17, 15) is 13.2 Å². The van der Waals surface area contributed by atoms with Gasteiger partial charge in [-0.15, -0.1) is 0 Å². The van der Waals surface area contributed by atoms with Crippen LogP contribution in [0.3, 0.4) is 0 Å². The molecule has 0 radical (unpaired) electrons. The highest BCUT2D eigenvalue weighted by Gasteiger charge is 2.21. The van der Waals surface area contributed by atoms with Crippen molar-refractivity contribution < 1.29 is 13.2 Å². The zero-order chi connectivity index (χ0) is 23.1. The van der Waals surface area contributed by atoms with E-state index in [1.54, 1.807) is 24.3 Å². The van der Waals surface area contributed by atoms with Gasteiger partial charge in [-0.2, -0.15) is 11.8 Å². The van der Waals surface area contributed by atoms with Crippen molar-refractivity contribution in [2.45, 2.75) is 31.2 Å². The number of nitrogens with zero attached hydrogens (tertiary/aromatic N) is 2. The molecule has 0 bridgehead atoms. The third-order valence-corrected chi connectivity index (χ3v) is 8.25. The Bertz CT molecular complexity index is 1160. The quantitative estimate of drug-likeness (QED) is 0.424. The first-order valence-electron chi connectivity index (χ1n) is 10.8. The zero-order valence-corrected chi connectivity index (χ0v) is 20.5. The summed E-state index contributed by atoms with van der Waals surface area (Å²) in [6.07, 6.45) is 2.07. The molecule has 0 saturated heterocycles. The molecule has 1 amide bonds. The fourth-order valence-electron chi connectivity index (χ4n) is 3.46. The second-order valence-corrected chi connectivity index (χ2v) is 11.2. The van der Waals surface area contributed by atoms with Crippen LogP contribution in [0.5, 0.6) is 0 Å². The van der Waals surface area contributed by atoms with Gasteiger partial charge in [-0.1, -0.05) is 37.3 Å². The van der Waals surface area contributed by atoms with Crippen molar-refractivity contribution in [3.63, 3.8) is 0 Å². The number of hydrogen-bond acceptors (Lipinski definition) is 4. The predicted molar refractivity (Wildman–Crippen MR) is 133 cm³/mol. The van der Waals surface area contributed by atoms with E-state index in [1.807, 2.05) is 46.7 Å². The Morgan fingerprint density at radius 3 is 2.50 bits per heavy atom. The summed E-state index contributed by atoms with van der Waals surface area (Å²) in [5, 5.41) is 3.76. The molecule has 0 aliphatic heterocycles. The van der Waals surface area contributed by atoms with E-state index < -0.39 is 10.0 Å². The molecular weight excluding hydrogens is 442 g/mol. The summed E-state index contributed by atoms with van der Waals surface area (Å²) in [6, 6.07) is 16.7. The SMILES string of the molecule is CCCSCCCNC(=O)c1cc2cc(S(=O)(=O)N(C)C)ccc2n1Cc1ccccc1. The fraction of sp³-hybridized carbons (Fsp3) is 0.375. The Morgan fingerprint density at radius 1 is 1.06 bits per heavy atom. The number of fused-ring (bicyclic) bond motifs is 1. The summed E-state index contributed by atoms with van der Waals surface area (Å²) in [5.41, 5.74) is 2.43. The first kappa shape index (κ1) is 24.4. The fourth-order valence-corrected chi connectivity index (χ4v) is 5.24. The minimum atomic E-state index is -3.56. The molecule has 1 aromatic heterocycles. The molecule has 32 heavy (non-hydrogen) atoms. The molecule has 0 aliphatic carbocycles. The van der Waals surface area contributed by atoms with Crippen LogP contribution in [0.25, 0.3) is 10.9 Å². The molecule has 0 unspecified atom stereocenters. The topological polar surface area (TPSA) is 71.4 Å². The Kier molecular flexibility index (Phi) is 8.39. The van der Waals surface area contributed by atoms with Crippen LogP contribution in [0.4, 0.5) is 0 Å². The van der Waals surface area contributed by atoms with Gasteiger partial charge in [-0.05, 0) is 54.2 Å². The molecule has 0 atom stereocenters. The standard InChI is InChI=1S/C24H31N3O3S2/c1-4-14-31-15-8-13-25-24(28)23-17-20-16-21(32(29,30)26(2)3)11-12-22(20)27(23)18-19-9-6-5-7-10-19/h5-7,9-12,16-17H,4,8,13-15,18H2,1-3H3,(H,25,28). The van der Waals surface area contributed by atoms with Crippen LogP contribution in [-0.4, -0.2) is 55.3 Å². The molecule has 2 aromatic carbocycles. The minimum absolute atomic E-state index is 0.144. The van der Waals surface area contributed by atoms with Crippen LogP contribution >= 0.6 is 11.8 Å². The van der Waals surface area contributed by atoms with Crippen molar-refractivity contribution in [1.82, 2.24) is 14.2 Å². The van der Waals surface area contributed by atoms with E-state index >= 15 is 0 Å². The predicted octanol–water partition coefficient (Wildman–Crippen LogP) is 4.20. The number of rotatable bonds is 11. The van der Waals surface area contributed by atoms with E-state index in [1.165, 1.54) is 18.4 Å². The summed E-state index contributed by atoms with van der Waals surface area (Å²) >= 11 is 1.90. The molecule has 3 aromatic rings. The molecule has 8 heteroatoms. The Labute approximate surface area is 195 Å². The average molecular weight is 474 g/mol. The summed E-state index contributed by atoms with van der Waals surface area (Å²) < 4.78 is 28.3. The maximum absolute atomic E-state index is 13.0. The summed E-state index contributed by atoms with van der Waals surface area (Å²) in [7, 11) is -0.532. The lowest BCUT2D eigenvalue weighted by Gasteiger charge is -2.13. The van der Waals surface area contributed by atoms with E-state index in [0.717, 1.165) is 40.8 Å². The lowest BCUT2D eigenvalue weighted by atomic mass is 10.2. The van der Waals surface area contributed by atoms with Gasteiger partial charge in [-0.25, -0.2) is 12.7 Å². The normalized spacial score (nSPS) is 11.9. The highest BCUT2D eigenvalue weighted by atomic mass is 32.2. The second-order valence-electron chi connectivity index (χ2n) is 7.83. The van der Waals surface area contributed by atoms with Crippen molar-refractivity contribution in [2.24, 2.45) is 0 Å². The van der Waals surface area contributed by atoms with Crippen molar-refractivity contribution in [1.29, 1.82) is 0 Å². The molecule has 0 saturated carbocycles. The number of thioether (sulfide) groups is 1. The lowest BCUT2D eigenvalue weighted by Crippen LogP contribution is -2.27. The van der Waals surface area contributed by atoms with E-state index in [0.29, 0.717) is 18.8 Å². The Morgan fingerprint density at radius 2 is 1.81 bits per heavy atom. The first-order chi connectivity index (χ1) is 15.3. The Hall–Kier alpha value is -2.29. The number of hydrogen-bond donors (Lipinski definition) is 1. The van der Waals surface area contributed by atoms with Crippen LogP contribution in [0.1, 0.15) is 35.8 Å². The molecule has 0 fully saturated rings. The van der Waals surface area contributed by atoms with E-state index in [-0.39, 0.29) is 10.8 Å². The van der Waals surface area contributed by atoms with E-state index in [2.05, 4.69) is 12.2 Å². The average Bonchev–Trinajstić information content (AvgIpc) is 3.14. The summed E-state index contributed by atoms with van der Waals surface area (Å²) in [6.45, 7) is 3.30. The van der Waals surface area contributed by atoms with Gasteiger partial charge >= 0.3 is 0 Å². The van der Waals surface area contributed by atoms with Crippen molar-refractivity contribution in [3.8, 4) is 0 Å². The van der Waals surface area contributed by atoms with Gasteiger partial charge in [0.2, 0.25) is 10.0 Å². The molecule has 1 N–H and O–H groups in total. The van der Waals surface area contributed by atoms with Crippen LogP contribution in [0.15, 0.2) is 59.5 Å². The number of benzene rings is 2. The van der Waals surface area contributed by atoms with Gasteiger partial charge in [0.1, 0.15) is 5.69 Å². The number of aromatic nitrogens is 1. The van der Waals surface area contributed by atoms with Crippen LogP contribution in [-0.2, 0) is 16.6 Å². The lowest BCUT2D eigenvalue weighted by molar-refractivity contribution is 0.0945. The minimum Gasteiger partial charge on any atom is -0.351 e. The molecule has 0 spiro atoms. The zero-order valence-electron chi connectivity index (χ0n) is 18.9. The highest BCUT2D eigenvalue weighted by Crippen LogP contribution is 2.26. The maximum Gasteiger partial charge on any atom is 0.267 e. The molecule has 1 heterocycles. The van der Waals surface area contributed by atoms with Gasteiger partial charge < -0.3 is 9.88 Å². The smallest absolute Gasteiger partial charge is 0.267 e. The van der Waals surface area contributed by atoms with Gasteiger partial charge in [0.15, 0.2) is 0 Å². The maximum atomic E-state index is 13.0. The molecule has 3 rings (SSSR count). The van der Waals surface area contributed by atoms with Crippen LogP contribution in [0, 0.1) is 0 Å². The Balaban J connectivity index is 1.92. The first-order valence-corrected chi connectivity index (χ1v) is 13.4. The largest absolute Gasteiger partial charge is 0.351 e. The number of sulfonamides is 1. The summed E-state index contributed by atoms with van der Waals surface area (Å²) in [4.78, 5) is 13.3. The number of nitrogens with one attached hydrogen (secondary N) is 1. The number of carbonyl (C=O) groups excluding carboxylic acids is 1. The van der Waals surface area contributed by atoms with E-state index in [4.69, 9.17) is 0 Å². The van der Waals surface area contributed by atoms with Gasteiger partial charge in [0.25, 0.3) is 5.91 Å². The molecule has 0 aliphatic rings. The van der Waals surface area contributed by atoms with Crippen LogP contribution < -0.4 is 5.32 Å².